The van der Waals surface area contributed by atoms with Gasteiger partial charge in [-0.05, 0) is 53.5 Å². The summed E-state index contributed by atoms with van der Waals surface area (Å²) in [4.78, 5) is 26.0. The lowest BCUT2D eigenvalue weighted by Crippen LogP contribution is -2.42. The van der Waals surface area contributed by atoms with Crippen molar-refractivity contribution in [3.8, 4) is 0 Å². The molecule has 0 aromatic heterocycles. The third kappa shape index (κ3) is 9.96. The van der Waals surface area contributed by atoms with Crippen molar-refractivity contribution in [1.29, 1.82) is 0 Å². The predicted octanol–water partition coefficient (Wildman–Crippen LogP) is 4.37. The van der Waals surface area contributed by atoms with Crippen molar-refractivity contribution >= 4 is 35.3 Å². The number of carbonyl (C=O) groups excluding carboxylic acids is 2. The van der Waals surface area contributed by atoms with E-state index in [0.29, 0.717) is 6.54 Å². The average Bonchev–Trinajstić information content (AvgIpc) is 3.00. The fourth-order valence-corrected chi connectivity index (χ4v) is 4.27. The Morgan fingerprint density at radius 2 is 1.73 bits per heavy atom. The van der Waals surface area contributed by atoms with Crippen molar-refractivity contribution < 1.29 is 14.3 Å². The van der Waals surface area contributed by atoms with Crippen LogP contribution in [0.1, 0.15) is 29.7 Å². The standard InChI is InChI=1S/C25H31N3O3.C7H10N2/c1-2-20-7-11-23(12-8-20)27-25(30)24(26-13-14-28-15-18-31-19-16-28)22-9-5-21(6-10-22)4-3-17-29;1-9-7-5-3-2-4-6(7)8/h3-12,17,24,26H,2,13-16,18-19H2,1H3,(H,27,30);2-5,9H,8H2,1H3/b4-3+;. The number of nitrogen functional groups attached to an aromatic ring is 1. The van der Waals surface area contributed by atoms with Gasteiger partial charge in [-0.2, -0.15) is 0 Å². The van der Waals surface area contributed by atoms with Crippen molar-refractivity contribution in [3.63, 3.8) is 0 Å². The Labute approximate surface area is 237 Å². The number of carbonyl (C=O) groups is 2. The second kappa shape index (κ2) is 16.9. The molecule has 0 radical (unpaired) electrons. The number of ether oxygens (including phenoxy) is 1. The Kier molecular flexibility index (Phi) is 12.9. The molecule has 1 atom stereocenters. The van der Waals surface area contributed by atoms with Crippen LogP contribution in [0, 0.1) is 0 Å². The van der Waals surface area contributed by atoms with Gasteiger partial charge >= 0.3 is 0 Å². The summed E-state index contributed by atoms with van der Waals surface area (Å²) in [6, 6.07) is 22.8. The second-order valence-corrected chi connectivity index (χ2v) is 9.38. The number of rotatable bonds is 11. The number of amides is 1. The van der Waals surface area contributed by atoms with E-state index in [0.717, 1.165) is 73.7 Å². The van der Waals surface area contributed by atoms with E-state index in [4.69, 9.17) is 10.5 Å². The first kappa shape index (κ1) is 30.6. The summed E-state index contributed by atoms with van der Waals surface area (Å²) < 4.78 is 5.40. The molecule has 4 rings (SSSR count). The van der Waals surface area contributed by atoms with Crippen LogP contribution in [0.15, 0.2) is 78.9 Å². The molecule has 3 aromatic carbocycles. The van der Waals surface area contributed by atoms with Crippen LogP contribution in [-0.2, 0) is 20.7 Å². The van der Waals surface area contributed by atoms with Crippen LogP contribution < -0.4 is 21.7 Å². The molecular weight excluding hydrogens is 502 g/mol. The van der Waals surface area contributed by atoms with Crippen LogP contribution in [0.3, 0.4) is 0 Å². The van der Waals surface area contributed by atoms with Crippen LogP contribution in [0.25, 0.3) is 6.08 Å². The lowest BCUT2D eigenvalue weighted by Gasteiger charge is -2.27. The van der Waals surface area contributed by atoms with E-state index < -0.39 is 6.04 Å². The van der Waals surface area contributed by atoms with Gasteiger partial charge in [-0.1, -0.05) is 61.5 Å². The Balaban J connectivity index is 0.000000415. The molecule has 8 nitrogen and oxygen atoms in total. The largest absolute Gasteiger partial charge is 0.397 e. The number of nitrogens with zero attached hydrogens (tertiary/aromatic N) is 1. The molecule has 0 spiro atoms. The van der Waals surface area contributed by atoms with Gasteiger partial charge in [0, 0.05) is 38.9 Å². The Hall–Kier alpha value is -3.98. The molecular formula is C32H41N5O3. The van der Waals surface area contributed by atoms with Gasteiger partial charge in [-0.3, -0.25) is 14.5 Å². The summed E-state index contributed by atoms with van der Waals surface area (Å²) in [5.74, 6) is -0.0950. The van der Waals surface area contributed by atoms with Crippen molar-refractivity contribution in [2.75, 3.05) is 62.8 Å². The van der Waals surface area contributed by atoms with Gasteiger partial charge in [0.05, 0.1) is 24.6 Å². The van der Waals surface area contributed by atoms with Crippen molar-refractivity contribution in [3.05, 3.63) is 95.6 Å². The number of aryl methyl sites for hydroxylation is 1. The molecule has 8 heteroatoms. The van der Waals surface area contributed by atoms with Gasteiger partial charge < -0.3 is 26.4 Å². The molecule has 1 amide bonds. The summed E-state index contributed by atoms with van der Waals surface area (Å²) in [5.41, 5.74) is 11.2. The molecule has 1 heterocycles. The summed E-state index contributed by atoms with van der Waals surface area (Å²) in [6.45, 7) is 7.01. The van der Waals surface area contributed by atoms with Crippen LogP contribution in [0.2, 0.25) is 0 Å². The normalized spacial score (nSPS) is 14.2. The van der Waals surface area contributed by atoms with Gasteiger partial charge in [-0.25, -0.2) is 0 Å². The summed E-state index contributed by atoms with van der Waals surface area (Å²) in [7, 11) is 1.85. The zero-order valence-electron chi connectivity index (χ0n) is 23.4. The highest BCUT2D eigenvalue weighted by molar-refractivity contribution is 5.95. The van der Waals surface area contributed by atoms with Gasteiger partial charge in [0.1, 0.15) is 12.3 Å². The van der Waals surface area contributed by atoms with Gasteiger partial charge in [0.2, 0.25) is 5.91 Å². The summed E-state index contributed by atoms with van der Waals surface area (Å²) in [5, 5.41) is 9.42. The molecule has 0 saturated carbocycles. The highest BCUT2D eigenvalue weighted by Crippen LogP contribution is 2.19. The zero-order valence-corrected chi connectivity index (χ0v) is 23.4. The van der Waals surface area contributed by atoms with Crippen LogP contribution in [0.5, 0.6) is 0 Å². The topological polar surface area (TPSA) is 109 Å². The lowest BCUT2D eigenvalue weighted by atomic mass is 10.0. The lowest BCUT2D eigenvalue weighted by molar-refractivity contribution is -0.118. The predicted molar refractivity (Wildman–Crippen MR) is 164 cm³/mol. The maximum Gasteiger partial charge on any atom is 0.246 e. The van der Waals surface area contributed by atoms with Crippen molar-refractivity contribution in [2.45, 2.75) is 19.4 Å². The maximum atomic E-state index is 13.1. The number of hydrogen-bond donors (Lipinski definition) is 4. The molecule has 212 valence electrons. The SMILES string of the molecule is CCc1ccc(NC(=O)C(NCCN2CCOCC2)c2ccc(/C=C/C=O)cc2)cc1.CNc1ccccc1N. The number of nitrogens with two attached hydrogens (primary N) is 1. The number of benzene rings is 3. The fraction of sp³-hybridized carbons (Fsp3) is 0.312. The molecule has 1 aliphatic heterocycles. The van der Waals surface area contributed by atoms with E-state index in [-0.39, 0.29) is 5.91 Å². The number of morpholine rings is 1. The molecule has 1 fully saturated rings. The summed E-state index contributed by atoms with van der Waals surface area (Å²) >= 11 is 0. The molecule has 1 aliphatic rings. The van der Waals surface area contributed by atoms with E-state index >= 15 is 0 Å². The number of allylic oxidation sites excluding steroid dienone is 1. The summed E-state index contributed by atoms with van der Waals surface area (Å²) in [6.07, 6.45) is 4.92. The van der Waals surface area contributed by atoms with Crippen LogP contribution in [-0.4, -0.2) is 63.5 Å². The minimum absolute atomic E-state index is 0.0950. The number of nitrogens with one attached hydrogen (secondary N) is 3. The maximum absolute atomic E-state index is 13.1. The average molecular weight is 544 g/mol. The van der Waals surface area contributed by atoms with Gasteiger partial charge in [-0.15, -0.1) is 0 Å². The first-order valence-corrected chi connectivity index (χ1v) is 13.7. The first-order chi connectivity index (χ1) is 19.5. The molecule has 3 aromatic rings. The zero-order chi connectivity index (χ0) is 28.6. The highest BCUT2D eigenvalue weighted by atomic mass is 16.5. The van der Waals surface area contributed by atoms with E-state index in [1.165, 1.54) is 11.6 Å². The Morgan fingerprint density at radius 1 is 1.02 bits per heavy atom. The van der Waals surface area contributed by atoms with E-state index in [9.17, 15) is 9.59 Å². The molecule has 40 heavy (non-hydrogen) atoms. The fourth-order valence-electron chi connectivity index (χ4n) is 4.27. The molecule has 0 aliphatic carbocycles. The minimum Gasteiger partial charge on any atom is -0.397 e. The number of anilines is 3. The van der Waals surface area contributed by atoms with Crippen molar-refractivity contribution in [2.24, 2.45) is 0 Å². The monoisotopic (exact) mass is 543 g/mol. The van der Waals surface area contributed by atoms with Gasteiger partial charge in [0.25, 0.3) is 0 Å². The molecule has 5 N–H and O–H groups in total. The first-order valence-electron chi connectivity index (χ1n) is 13.7. The second-order valence-electron chi connectivity index (χ2n) is 9.38. The molecule has 1 saturated heterocycles. The van der Waals surface area contributed by atoms with Crippen molar-refractivity contribution in [1.82, 2.24) is 10.2 Å². The van der Waals surface area contributed by atoms with Crippen LogP contribution >= 0.6 is 0 Å². The third-order valence-electron chi connectivity index (χ3n) is 6.64. The number of para-hydroxylation sites is 2. The number of aldehydes is 1. The van der Waals surface area contributed by atoms with Crippen LogP contribution in [0.4, 0.5) is 17.1 Å². The third-order valence-corrected chi connectivity index (χ3v) is 6.64. The van der Waals surface area contributed by atoms with E-state index in [1.807, 2.05) is 79.8 Å². The Bertz CT molecular complexity index is 1210. The highest BCUT2D eigenvalue weighted by Gasteiger charge is 2.21. The molecule has 0 bridgehead atoms. The quantitative estimate of drug-likeness (QED) is 0.162. The van der Waals surface area contributed by atoms with E-state index in [1.54, 1.807) is 6.08 Å². The van der Waals surface area contributed by atoms with E-state index in [2.05, 4.69) is 27.8 Å². The number of hydrogen-bond acceptors (Lipinski definition) is 7. The molecule has 1 unspecified atom stereocenters. The Morgan fingerprint density at radius 3 is 2.33 bits per heavy atom. The smallest absolute Gasteiger partial charge is 0.246 e. The minimum atomic E-state index is -0.476. The van der Waals surface area contributed by atoms with Gasteiger partial charge in [0.15, 0.2) is 0 Å².